The van der Waals surface area contributed by atoms with E-state index in [0.29, 0.717) is 18.4 Å². The molecule has 0 aliphatic rings. The zero-order chi connectivity index (χ0) is 27.6. The third-order valence-corrected chi connectivity index (χ3v) is 5.06. The maximum absolute atomic E-state index is 12.2. The molecule has 0 aliphatic carbocycles. The van der Waals surface area contributed by atoms with E-state index in [2.05, 4.69) is 46.9 Å². The smallest absolute Gasteiger partial charge is 0.328 e. The van der Waals surface area contributed by atoms with Crippen molar-refractivity contribution in [1.29, 1.82) is 0 Å². The number of ether oxygens (including phenoxy) is 2. The molecule has 2 heterocycles. The van der Waals surface area contributed by atoms with Crippen molar-refractivity contribution in [3.63, 3.8) is 0 Å². The molecule has 0 bridgehead atoms. The van der Waals surface area contributed by atoms with E-state index in [1.54, 1.807) is 26.8 Å². The quantitative estimate of drug-likeness (QED) is 0.255. The minimum atomic E-state index is -0.941. The highest BCUT2D eigenvalue weighted by molar-refractivity contribution is 5.94. The second-order valence-corrected chi connectivity index (χ2v) is 9.08. The maximum atomic E-state index is 12.2. The molecule has 0 aromatic carbocycles. The zero-order valence-electron chi connectivity index (χ0n) is 21.5. The van der Waals surface area contributed by atoms with Gasteiger partial charge in [-0.2, -0.15) is 9.97 Å². The minimum absolute atomic E-state index is 0.0325. The molecule has 0 aliphatic heterocycles. The lowest BCUT2D eigenvalue weighted by atomic mass is 9.96. The zero-order valence-corrected chi connectivity index (χ0v) is 21.5. The number of amides is 2. The number of nitrogens with zero attached hydrogens (tertiary/aromatic N) is 3. The Morgan fingerprint density at radius 3 is 2.49 bits per heavy atom. The van der Waals surface area contributed by atoms with Gasteiger partial charge in [0.2, 0.25) is 23.6 Å². The van der Waals surface area contributed by atoms with Crippen molar-refractivity contribution in [3.8, 4) is 17.7 Å². The molecule has 0 fully saturated rings. The van der Waals surface area contributed by atoms with Crippen molar-refractivity contribution < 1.29 is 33.8 Å². The van der Waals surface area contributed by atoms with E-state index in [1.165, 1.54) is 20.4 Å². The van der Waals surface area contributed by atoms with E-state index in [0.717, 1.165) is 0 Å². The van der Waals surface area contributed by atoms with Gasteiger partial charge in [-0.3, -0.25) is 19.7 Å². The fourth-order valence-electron chi connectivity index (χ4n) is 2.93. The Kier molecular flexibility index (Phi) is 10.3. The summed E-state index contributed by atoms with van der Waals surface area (Å²) in [6.45, 7) is 5.23. The summed E-state index contributed by atoms with van der Waals surface area (Å²) in [7, 11) is 2.44. The van der Waals surface area contributed by atoms with Crippen molar-refractivity contribution >= 4 is 40.7 Å². The summed E-state index contributed by atoms with van der Waals surface area (Å²) >= 11 is 0. The number of methoxy groups -OCH3 is 2. The topological polar surface area (TPSA) is 170 Å². The van der Waals surface area contributed by atoms with E-state index in [1.807, 2.05) is 0 Å². The number of carbonyl (C=O) groups is 4. The summed E-state index contributed by atoms with van der Waals surface area (Å²) in [6, 6.07) is 0.637. The van der Waals surface area contributed by atoms with Crippen LogP contribution in [0.5, 0.6) is 5.88 Å². The van der Waals surface area contributed by atoms with Crippen LogP contribution in [-0.2, 0) is 28.7 Å². The van der Waals surface area contributed by atoms with Gasteiger partial charge in [-0.1, -0.05) is 32.6 Å². The largest absolute Gasteiger partial charge is 0.493 e. The van der Waals surface area contributed by atoms with Gasteiger partial charge < -0.3 is 19.9 Å². The van der Waals surface area contributed by atoms with Crippen LogP contribution in [0.4, 0.5) is 5.95 Å². The summed E-state index contributed by atoms with van der Waals surface area (Å²) in [5.74, 6) is 3.64. The maximum Gasteiger partial charge on any atom is 0.328 e. The molecule has 1 atom stereocenters. The average Bonchev–Trinajstić information content (AvgIpc) is 2.85. The Hall–Kier alpha value is -4.27. The molecule has 198 valence electrons. The van der Waals surface area contributed by atoms with Gasteiger partial charge in [0.05, 0.1) is 19.6 Å². The van der Waals surface area contributed by atoms with Gasteiger partial charge in [0, 0.05) is 36.4 Å². The predicted octanol–water partition coefficient (Wildman–Crippen LogP) is 1.85. The first-order valence-corrected chi connectivity index (χ1v) is 11.6. The van der Waals surface area contributed by atoms with Crippen LogP contribution >= 0.6 is 0 Å². The van der Waals surface area contributed by atoms with Gasteiger partial charge in [-0.05, 0) is 18.9 Å². The molecule has 37 heavy (non-hydrogen) atoms. The van der Waals surface area contributed by atoms with Crippen molar-refractivity contribution in [2.24, 2.45) is 5.41 Å². The monoisotopic (exact) mass is 513 g/mol. The Labute approximate surface area is 214 Å². The van der Waals surface area contributed by atoms with Crippen molar-refractivity contribution in [2.75, 3.05) is 19.5 Å². The molecule has 2 rings (SSSR count). The van der Waals surface area contributed by atoms with E-state index >= 15 is 0 Å². The second-order valence-electron chi connectivity index (χ2n) is 9.08. The van der Waals surface area contributed by atoms with Gasteiger partial charge in [0.1, 0.15) is 6.04 Å². The van der Waals surface area contributed by atoms with Gasteiger partial charge in [-0.25, -0.2) is 9.78 Å². The highest BCUT2D eigenvalue weighted by Gasteiger charge is 2.23. The number of pyridine rings is 1. The Morgan fingerprint density at radius 1 is 1.11 bits per heavy atom. The van der Waals surface area contributed by atoms with Gasteiger partial charge >= 0.3 is 11.9 Å². The van der Waals surface area contributed by atoms with E-state index in [9.17, 15) is 24.3 Å². The van der Waals surface area contributed by atoms with Crippen LogP contribution in [0.1, 0.15) is 58.4 Å². The third-order valence-electron chi connectivity index (χ3n) is 5.06. The summed E-state index contributed by atoms with van der Waals surface area (Å²) in [6.07, 6.45) is 2.45. The fourth-order valence-corrected chi connectivity index (χ4v) is 2.93. The van der Waals surface area contributed by atoms with Crippen LogP contribution in [0.2, 0.25) is 0 Å². The number of carbonyl (C=O) groups excluding carboxylic acids is 4. The third kappa shape index (κ3) is 9.03. The summed E-state index contributed by atoms with van der Waals surface area (Å²) in [5, 5.41) is 15.7. The number of fused-ring (bicyclic) bond motifs is 1. The first-order valence-electron chi connectivity index (χ1n) is 11.6. The lowest BCUT2D eigenvalue weighted by molar-refractivity contribution is -0.146. The Bertz CT molecular complexity index is 1230. The number of unbranched alkanes of at least 4 members (excludes halogenated alkanes) is 1. The first kappa shape index (κ1) is 29.0. The predicted molar refractivity (Wildman–Crippen MR) is 133 cm³/mol. The van der Waals surface area contributed by atoms with E-state index in [-0.39, 0.29) is 53.9 Å². The molecule has 12 heteroatoms. The van der Waals surface area contributed by atoms with Crippen molar-refractivity contribution in [1.82, 2.24) is 20.3 Å². The van der Waals surface area contributed by atoms with Crippen molar-refractivity contribution in [2.45, 2.75) is 58.9 Å². The van der Waals surface area contributed by atoms with Crippen molar-refractivity contribution in [3.05, 3.63) is 17.8 Å². The van der Waals surface area contributed by atoms with Crippen LogP contribution in [-0.4, -0.2) is 64.1 Å². The highest BCUT2D eigenvalue weighted by Crippen LogP contribution is 2.23. The first-order chi connectivity index (χ1) is 17.4. The van der Waals surface area contributed by atoms with Crippen LogP contribution < -0.4 is 10.6 Å². The molecule has 0 radical (unpaired) electrons. The minimum Gasteiger partial charge on any atom is -0.493 e. The number of aromatic nitrogens is 3. The fraction of sp³-hybridized carbons (Fsp3) is 0.480. The number of esters is 2. The molecule has 0 unspecified atom stereocenters. The summed E-state index contributed by atoms with van der Waals surface area (Å²) in [4.78, 5) is 59.7. The second kappa shape index (κ2) is 13.2. The molecule has 0 saturated carbocycles. The van der Waals surface area contributed by atoms with E-state index < -0.39 is 23.4 Å². The molecular weight excluding hydrogens is 482 g/mol. The Balaban J connectivity index is 1.94. The molecule has 12 nitrogen and oxygen atoms in total. The molecular formula is C25H31N5O7. The van der Waals surface area contributed by atoms with Crippen LogP contribution in [0.15, 0.2) is 12.3 Å². The van der Waals surface area contributed by atoms with Gasteiger partial charge in [0.25, 0.3) is 0 Å². The number of hydrogen-bond acceptors (Lipinski definition) is 10. The number of rotatable bonds is 9. The van der Waals surface area contributed by atoms with E-state index in [4.69, 9.17) is 0 Å². The number of aromatic hydroxyl groups is 1. The standard InChI is InChI=1S/C25H31N5O7/c1-25(2,3)23(35)30-24-28-20-16(21(33)29-24)13-15(14-26-20)9-7-6-8-10-18(31)27-17(22(34)37-5)11-12-19(32)36-4/h13-14,17H,6,8,10-12H2,1-5H3,(H,27,31)(H2,26,28,29,30,33,35)/t17-/m0/s1. The number of nitrogens with one attached hydrogen (secondary N) is 2. The molecule has 2 amide bonds. The molecule has 2 aromatic heterocycles. The molecule has 0 saturated heterocycles. The average molecular weight is 514 g/mol. The van der Waals surface area contributed by atoms with Gasteiger partial charge in [-0.15, -0.1) is 0 Å². The van der Waals surface area contributed by atoms with Crippen LogP contribution in [0.25, 0.3) is 11.0 Å². The molecule has 2 aromatic rings. The highest BCUT2D eigenvalue weighted by atomic mass is 16.5. The molecule has 0 spiro atoms. The molecule has 3 N–H and O–H groups in total. The van der Waals surface area contributed by atoms with Gasteiger partial charge in [0.15, 0.2) is 5.65 Å². The lowest BCUT2D eigenvalue weighted by Crippen LogP contribution is -2.41. The normalized spacial score (nSPS) is 11.6. The summed E-state index contributed by atoms with van der Waals surface area (Å²) < 4.78 is 9.22. The lowest BCUT2D eigenvalue weighted by Gasteiger charge is -2.16. The number of anilines is 1. The van der Waals surface area contributed by atoms with Crippen LogP contribution in [0.3, 0.4) is 0 Å². The Morgan fingerprint density at radius 2 is 1.84 bits per heavy atom. The summed E-state index contributed by atoms with van der Waals surface area (Å²) in [5.41, 5.74) is 0.0527. The number of hydrogen-bond donors (Lipinski definition) is 3. The van der Waals surface area contributed by atoms with Crippen LogP contribution in [0, 0.1) is 17.3 Å². The SMILES string of the molecule is COC(=O)CC[C@H](NC(=O)CCCC#Cc1cnc2nc(NC(=O)C(C)(C)C)nc(O)c2c1)C(=O)OC.